The van der Waals surface area contributed by atoms with Crippen LogP contribution in [0.5, 0.6) is 0 Å². The highest BCUT2D eigenvalue weighted by atomic mass is 32.2. The van der Waals surface area contributed by atoms with Gasteiger partial charge in [0, 0.05) is 24.3 Å². The van der Waals surface area contributed by atoms with Crippen LogP contribution in [0.25, 0.3) is 11.3 Å². The largest absolute Gasteiger partial charge is 0.379 e. The Labute approximate surface area is 203 Å². The van der Waals surface area contributed by atoms with E-state index in [1.807, 2.05) is 43.3 Å². The summed E-state index contributed by atoms with van der Waals surface area (Å²) in [6.07, 6.45) is 0. The molecule has 1 unspecified atom stereocenters. The van der Waals surface area contributed by atoms with Gasteiger partial charge in [-0.05, 0) is 44.2 Å². The number of aromatic nitrogens is 2. The van der Waals surface area contributed by atoms with E-state index in [2.05, 4.69) is 15.3 Å². The second kappa shape index (κ2) is 10.6. The molecule has 0 radical (unpaired) electrons. The van der Waals surface area contributed by atoms with Gasteiger partial charge < -0.3 is 10.1 Å². The quantitative estimate of drug-likeness (QED) is 0.392. The molecule has 1 aliphatic heterocycles. The predicted octanol–water partition coefficient (Wildman–Crippen LogP) is 3.59. The Morgan fingerprint density at radius 2 is 1.74 bits per heavy atom. The summed E-state index contributed by atoms with van der Waals surface area (Å²) < 4.78 is 32.2. The first kappa shape index (κ1) is 24.3. The number of nitrogens with zero attached hydrogens (tertiary/aromatic N) is 3. The minimum Gasteiger partial charge on any atom is -0.379 e. The summed E-state index contributed by atoms with van der Waals surface area (Å²) in [5.74, 6) is 0.430. The van der Waals surface area contributed by atoms with Crippen LogP contribution in [0, 0.1) is 6.92 Å². The summed E-state index contributed by atoms with van der Waals surface area (Å²) in [4.78, 5) is 21.9. The van der Waals surface area contributed by atoms with E-state index in [1.165, 1.54) is 28.2 Å². The topological polar surface area (TPSA) is 101 Å². The molecule has 2 heterocycles. The molecule has 178 valence electrons. The molecule has 34 heavy (non-hydrogen) atoms. The molecular weight excluding hydrogens is 472 g/mol. The van der Waals surface area contributed by atoms with E-state index in [1.54, 1.807) is 19.1 Å². The van der Waals surface area contributed by atoms with Crippen molar-refractivity contribution in [1.29, 1.82) is 0 Å². The van der Waals surface area contributed by atoms with Gasteiger partial charge in [0.15, 0.2) is 0 Å². The van der Waals surface area contributed by atoms with Crippen LogP contribution in [0.1, 0.15) is 12.7 Å². The Bertz CT molecular complexity index is 1250. The number of hydrogen-bond acceptors (Lipinski definition) is 7. The number of amides is 1. The average Bonchev–Trinajstić information content (AvgIpc) is 2.85. The summed E-state index contributed by atoms with van der Waals surface area (Å²) in [5, 5.41) is 3.14. The molecule has 1 atom stereocenters. The fourth-order valence-electron chi connectivity index (χ4n) is 3.48. The molecular formula is C24H26N4O4S2. The molecule has 1 amide bonds. The highest BCUT2D eigenvalue weighted by Gasteiger charge is 2.26. The lowest BCUT2D eigenvalue weighted by Gasteiger charge is -2.26. The molecule has 0 spiro atoms. The fourth-order valence-corrected chi connectivity index (χ4v) is 5.78. The Balaban J connectivity index is 1.41. The van der Waals surface area contributed by atoms with Gasteiger partial charge in [0.2, 0.25) is 15.9 Å². The summed E-state index contributed by atoms with van der Waals surface area (Å²) in [6, 6.07) is 17.9. The average molecular weight is 499 g/mol. The van der Waals surface area contributed by atoms with Crippen molar-refractivity contribution in [2.24, 2.45) is 0 Å². The molecule has 4 rings (SSSR count). The molecule has 1 fully saturated rings. The number of carbonyl (C=O) groups is 1. The van der Waals surface area contributed by atoms with Crippen molar-refractivity contribution in [1.82, 2.24) is 14.3 Å². The van der Waals surface area contributed by atoms with E-state index >= 15 is 0 Å². The number of rotatable bonds is 7. The second-order valence-electron chi connectivity index (χ2n) is 7.79. The highest BCUT2D eigenvalue weighted by molar-refractivity contribution is 8.00. The number of nitrogens with one attached hydrogen (secondary N) is 1. The van der Waals surface area contributed by atoms with E-state index in [9.17, 15) is 13.2 Å². The van der Waals surface area contributed by atoms with Gasteiger partial charge in [0.1, 0.15) is 10.9 Å². The van der Waals surface area contributed by atoms with Crippen LogP contribution in [0.3, 0.4) is 0 Å². The normalized spacial score (nSPS) is 15.6. The van der Waals surface area contributed by atoms with Crippen LogP contribution in [0.2, 0.25) is 0 Å². The van der Waals surface area contributed by atoms with Crippen molar-refractivity contribution in [3.05, 3.63) is 66.5 Å². The molecule has 2 aromatic carbocycles. The zero-order valence-corrected chi connectivity index (χ0v) is 20.6. The predicted molar refractivity (Wildman–Crippen MR) is 132 cm³/mol. The molecule has 10 heteroatoms. The van der Waals surface area contributed by atoms with Crippen LogP contribution >= 0.6 is 11.8 Å². The van der Waals surface area contributed by atoms with Gasteiger partial charge in [-0.2, -0.15) is 4.31 Å². The van der Waals surface area contributed by atoms with Crippen molar-refractivity contribution in [2.45, 2.75) is 29.0 Å². The van der Waals surface area contributed by atoms with Crippen molar-refractivity contribution in [2.75, 3.05) is 31.6 Å². The monoisotopic (exact) mass is 498 g/mol. The van der Waals surface area contributed by atoms with Gasteiger partial charge in [-0.15, -0.1) is 0 Å². The minimum atomic E-state index is -3.57. The van der Waals surface area contributed by atoms with E-state index in [4.69, 9.17) is 4.74 Å². The fraction of sp³-hybridized carbons (Fsp3) is 0.292. The van der Waals surface area contributed by atoms with Crippen LogP contribution in [0.4, 0.5) is 5.69 Å². The third-order valence-electron chi connectivity index (χ3n) is 5.28. The van der Waals surface area contributed by atoms with Crippen LogP contribution in [-0.4, -0.2) is 60.2 Å². The molecule has 0 aliphatic carbocycles. The maximum absolute atomic E-state index is 12.8. The first-order chi connectivity index (χ1) is 16.3. The lowest BCUT2D eigenvalue weighted by atomic mass is 10.1. The SMILES string of the molecule is Cc1nc(SC(C)C(=O)Nc2ccc(S(=O)(=O)N3CCOCC3)cc2)cc(-c2ccccc2)n1. The maximum Gasteiger partial charge on any atom is 0.243 e. The number of benzene rings is 2. The van der Waals surface area contributed by atoms with Gasteiger partial charge >= 0.3 is 0 Å². The number of anilines is 1. The summed E-state index contributed by atoms with van der Waals surface area (Å²) in [5.41, 5.74) is 2.32. The van der Waals surface area contributed by atoms with E-state index in [0.29, 0.717) is 42.8 Å². The third-order valence-corrected chi connectivity index (χ3v) is 8.21. The van der Waals surface area contributed by atoms with Crippen molar-refractivity contribution >= 4 is 33.4 Å². The second-order valence-corrected chi connectivity index (χ2v) is 11.1. The summed E-state index contributed by atoms with van der Waals surface area (Å²) >= 11 is 1.34. The van der Waals surface area contributed by atoms with E-state index in [0.717, 1.165) is 11.3 Å². The Morgan fingerprint density at radius 1 is 1.06 bits per heavy atom. The minimum absolute atomic E-state index is 0.194. The van der Waals surface area contributed by atoms with Crippen molar-refractivity contribution in [3.63, 3.8) is 0 Å². The standard InChI is InChI=1S/C24H26N4O4S2/c1-17(33-23-16-22(25-18(2)26-23)19-6-4-3-5-7-19)24(29)27-20-8-10-21(11-9-20)34(30,31)28-12-14-32-15-13-28/h3-11,16-17H,12-15H2,1-2H3,(H,27,29). The number of ether oxygens (including phenoxy) is 1. The first-order valence-corrected chi connectivity index (χ1v) is 13.2. The number of aryl methyl sites for hydroxylation is 1. The van der Waals surface area contributed by atoms with Crippen LogP contribution < -0.4 is 5.32 Å². The Morgan fingerprint density at radius 3 is 2.41 bits per heavy atom. The van der Waals surface area contributed by atoms with Gasteiger partial charge in [0.05, 0.1) is 29.1 Å². The zero-order chi connectivity index (χ0) is 24.1. The molecule has 1 saturated heterocycles. The smallest absolute Gasteiger partial charge is 0.243 e. The molecule has 1 aromatic heterocycles. The van der Waals surface area contributed by atoms with E-state index in [-0.39, 0.29) is 10.8 Å². The van der Waals surface area contributed by atoms with E-state index < -0.39 is 15.3 Å². The summed E-state index contributed by atoms with van der Waals surface area (Å²) in [7, 11) is -3.57. The van der Waals surface area contributed by atoms with Crippen molar-refractivity contribution < 1.29 is 17.9 Å². The highest BCUT2D eigenvalue weighted by Crippen LogP contribution is 2.27. The lowest BCUT2D eigenvalue weighted by Crippen LogP contribution is -2.40. The van der Waals surface area contributed by atoms with Crippen LogP contribution in [0.15, 0.2) is 70.6 Å². The van der Waals surface area contributed by atoms with Gasteiger partial charge in [-0.3, -0.25) is 4.79 Å². The lowest BCUT2D eigenvalue weighted by molar-refractivity contribution is -0.115. The summed E-state index contributed by atoms with van der Waals surface area (Å²) in [6.45, 7) is 5.09. The van der Waals surface area contributed by atoms with Crippen LogP contribution in [-0.2, 0) is 19.6 Å². The Hall–Kier alpha value is -2.79. The van der Waals surface area contributed by atoms with Crippen molar-refractivity contribution in [3.8, 4) is 11.3 Å². The Kier molecular flexibility index (Phi) is 7.62. The van der Waals surface area contributed by atoms with Gasteiger partial charge in [-0.1, -0.05) is 42.1 Å². The first-order valence-electron chi connectivity index (χ1n) is 10.9. The number of sulfonamides is 1. The number of thioether (sulfide) groups is 1. The molecule has 8 nitrogen and oxygen atoms in total. The molecule has 3 aromatic rings. The third kappa shape index (κ3) is 5.82. The number of morpholine rings is 1. The molecule has 1 aliphatic rings. The molecule has 0 saturated carbocycles. The van der Waals surface area contributed by atoms with Gasteiger partial charge in [-0.25, -0.2) is 18.4 Å². The number of carbonyl (C=O) groups excluding carboxylic acids is 1. The zero-order valence-electron chi connectivity index (χ0n) is 19.0. The van der Waals surface area contributed by atoms with Gasteiger partial charge in [0.25, 0.3) is 0 Å². The number of hydrogen-bond donors (Lipinski definition) is 1. The molecule has 1 N–H and O–H groups in total. The molecule has 0 bridgehead atoms. The maximum atomic E-state index is 12.8.